The number of carbonyl (C=O) groups excluding carboxylic acids is 2. The first-order valence-electron chi connectivity index (χ1n) is 7.05. The van der Waals surface area contributed by atoms with Gasteiger partial charge in [-0.15, -0.1) is 0 Å². The van der Waals surface area contributed by atoms with Crippen LogP contribution in [0, 0.1) is 0 Å². The summed E-state index contributed by atoms with van der Waals surface area (Å²) in [5.41, 5.74) is 1.35. The highest BCUT2D eigenvalue weighted by Crippen LogP contribution is 2.25. The van der Waals surface area contributed by atoms with Gasteiger partial charge in [0.05, 0.1) is 16.8 Å². The molecule has 1 atom stereocenters. The van der Waals surface area contributed by atoms with Crippen molar-refractivity contribution in [1.29, 1.82) is 0 Å². The predicted octanol–water partition coefficient (Wildman–Crippen LogP) is 4.20. The smallest absolute Gasteiger partial charge is 0.233 e. The molecule has 2 N–H and O–H groups in total. The van der Waals surface area contributed by atoms with Gasteiger partial charge >= 0.3 is 0 Å². The monoisotopic (exact) mass is 350 g/mol. The molecule has 0 bridgehead atoms. The van der Waals surface area contributed by atoms with Gasteiger partial charge in [0.25, 0.3) is 0 Å². The number of nitrogens with one attached hydrogen (secondary N) is 2. The lowest BCUT2D eigenvalue weighted by molar-refractivity contribution is -0.127. The summed E-state index contributed by atoms with van der Waals surface area (Å²) in [5, 5.41) is 6.17. The fourth-order valence-electron chi connectivity index (χ4n) is 2.05. The molecule has 23 heavy (non-hydrogen) atoms. The first-order valence-corrected chi connectivity index (χ1v) is 7.80. The topological polar surface area (TPSA) is 58.2 Å². The second kappa shape index (κ2) is 7.99. The first kappa shape index (κ1) is 17.3. The van der Waals surface area contributed by atoms with E-state index < -0.39 is 5.91 Å². The molecule has 0 aliphatic carbocycles. The Morgan fingerprint density at radius 3 is 2.43 bits per heavy atom. The summed E-state index contributed by atoms with van der Waals surface area (Å²) in [6, 6.07) is 14.1. The maximum absolute atomic E-state index is 11.9. The molecule has 0 saturated carbocycles. The molecule has 2 aromatic carbocycles. The number of hydrogen-bond acceptors (Lipinski definition) is 2. The number of rotatable bonds is 5. The number of carbonyl (C=O) groups is 2. The van der Waals surface area contributed by atoms with E-state index in [-0.39, 0.29) is 18.4 Å². The summed E-state index contributed by atoms with van der Waals surface area (Å²) in [5.74, 6) is -0.816. The van der Waals surface area contributed by atoms with Crippen LogP contribution in [0.1, 0.15) is 24.9 Å². The Kier molecular flexibility index (Phi) is 6.02. The minimum absolute atomic E-state index is 0.175. The Hall–Kier alpha value is -2.04. The van der Waals surface area contributed by atoms with Crippen molar-refractivity contribution in [3.05, 3.63) is 64.1 Å². The van der Waals surface area contributed by atoms with Crippen molar-refractivity contribution in [2.45, 2.75) is 19.4 Å². The minimum atomic E-state index is -0.452. The molecular formula is C17H16Cl2N2O2. The van der Waals surface area contributed by atoms with Gasteiger partial charge < -0.3 is 10.6 Å². The molecule has 0 radical (unpaired) electrons. The van der Waals surface area contributed by atoms with Crippen molar-refractivity contribution in [3.63, 3.8) is 0 Å². The summed E-state index contributed by atoms with van der Waals surface area (Å²) in [6.07, 6.45) is -0.292. The number of hydrogen-bond donors (Lipinski definition) is 2. The van der Waals surface area contributed by atoms with Gasteiger partial charge in [-0.3, -0.25) is 9.59 Å². The van der Waals surface area contributed by atoms with Gasteiger partial charge in [0.1, 0.15) is 6.42 Å². The van der Waals surface area contributed by atoms with Crippen LogP contribution in [-0.2, 0) is 9.59 Å². The van der Waals surface area contributed by atoms with E-state index in [1.165, 1.54) is 6.07 Å². The lowest BCUT2D eigenvalue weighted by Crippen LogP contribution is -2.30. The van der Waals surface area contributed by atoms with Gasteiger partial charge in [-0.2, -0.15) is 0 Å². The zero-order chi connectivity index (χ0) is 16.8. The highest BCUT2D eigenvalue weighted by atomic mass is 35.5. The van der Waals surface area contributed by atoms with E-state index in [0.29, 0.717) is 15.7 Å². The van der Waals surface area contributed by atoms with E-state index in [1.807, 2.05) is 37.3 Å². The zero-order valence-corrected chi connectivity index (χ0v) is 14.0. The van der Waals surface area contributed by atoms with Crippen LogP contribution >= 0.6 is 23.2 Å². The molecule has 0 aliphatic heterocycles. The van der Waals surface area contributed by atoms with Crippen LogP contribution in [0.3, 0.4) is 0 Å². The van der Waals surface area contributed by atoms with E-state index in [4.69, 9.17) is 23.2 Å². The van der Waals surface area contributed by atoms with Gasteiger partial charge in [-0.05, 0) is 30.7 Å². The lowest BCUT2D eigenvalue weighted by atomic mass is 10.1. The summed E-state index contributed by atoms with van der Waals surface area (Å²) in [7, 11) is 0. The third kappa shape index (κ3) is 5.27. The van der Waals surface area contributed by atoms with Crippen molar-refractivity contribution in [2.24, 2.45) is 0 Å². The Morgan fingerprint density at radius 2 is 1.74 bits per heavy atom. The maximum Gasteiger partial charge on any atom is 0.233 e. The molecule has 2 rings (SSSR count). The van der Waals surface area contributed by atoms with E-state index in [2.05, 4.69) is 10.6 Å². The van der Waals surface area contributed by atoms with Crippen LogP contribution in [0.25, 0.3) is 0 Å². The molecule has 0 aliphatic rings. The number of anilines is 1. The van der Waals surface area contributed by atoms with Crippen LogP contribution in [0.15, 0.2) is 48.5 Å². The first-order chi connectivity index (χ1) is 11.0. The Balaban J connectivity index is 1.90. The van der Waals surface area contributed by atoms with Gasteiger partial charge in [-0.1, -0.05) is 53.5 Å². The maximum atomic E-state index is 11.9. The molecule has 6 heteroatoms. The van der Waals surface area contributed by atoms with E-state index >= 15 is 0 Å². The van der Waals surface area contributed by atoms with Crippen molar-refractivity contribution in [2.75, 3.05) is 5.32 Å². The van der Waals surface area contributed by atoms with Gasteiger partial charge in [-0.25, -0.2) is 0 Å². The van der Waals surface area contributed by atoms with Gasteiger partial charge in [0.2, 0.25) is 11.8 Å². The van der Waals surface area contributed by atoms with Gasteiger partial charge in [0.15, 0.2) is 0 Å². The normalized spacial score (nSPS) is 11.6. The third-order valence-corrected chi connectivity index (χ3v) is 3.77. The standard InChI is InChI=1S/C17H16Cl2N2O2/c1-11(12-5-3-2-4-6-12)20-16(22)10-17(23)21-15-9-13(18)7-8-14(15)19/h2-9,11H,10H2,1H3,(H,20,22)(H,21,23). The molecule has 2 aromatic rings. The van der Waals surface area contributed by atoms with Crippen LogP contribution in [-0.4, -0.2) is 11.8 Å². The van der Waals surface area contributed by atoms with Crippen LogP contribution in [0.4, 0.5) is 5.69 Å². The van der Waals surface area contributed by atoms with Crippen LogP contribution < -0.4 is 10.6 Å². The molecule has 0 heterocycles. The fourth-order valence-corrected chi connectivity index (χ4v) is 2.39. The molecular weight excluding hydrogens is 335 g/mol. The molecule has 0 spiro atoms. The quantitative estimate of drug-likeness (QED) is 0.794. The minimum Gasteiger partial charge on any atom is -0.349 e. The van der Waals surface area contributed by atoms with Crippen molar-refractivity contribution in [1.82, 2.24) is 5.32 Å². The third-order valence-electron chi connectivity index (χ3n) is 3.20. The average molecular weight is 351 g/mol. The number of amides is 2. The Bertz CT molecular complexity index is 705. The molecule has 4 nitrogen and oxygen atoms in total. The molecule has 120 valence electrons. The molecule has 0 saturated heterocycles. The Labute approximate surface area is 144 Å². The van der Waals surface area contributed by atoms with E-state index in [9.17, 15) is 9.59 Å². The number of halogens is 2. The highest BCUT2D eigenvalue weighted by molar-refractivity contribution is 6.35. The molecule has 2 amide bonds. The Morgan fingerprint density at radius 1 is 1.04 bits per heavy atom. The highest BCUT2D eigenvalue weighted by Gasteiger charge is 2.14. The summed E-state index contributed by atoms with van der Waals surface area (Å²) < 4.78 is 0. The van der Waals surface area contributed by atoms with Crippen molar-refractivity contribution >= 4 is 40.7 Å². The van der Waals surface area contributed by atoms with Gasteiger partial charge in [0, 0.05) is 5.02 Å². The van der Waals surface area contributed by atoms with E-state index in [0.717, 1.165) is 5.56 Å². The van der Waals surface area contributed by atoms with Crippen LogP contribution in [0.5, 0.6) is 0 Å². The molecule has 0 aromatic heterocycles. The summed E-state index contributed by atoms with van der Waals surface area (Å²) in [4.78, 5) is 23.9. The van der Waals surface area contributed by atoms with Crippen molar-refractivity contribution < 1.29 is 9.59 Å². The lowest BCUT2D eigenvalue weighted by Gasteiger charge is -2.14. The van der Waals surface area contributed by atoms with E-state index in [1.54, 1.807) is 12.1 Å². The SMILES string of the molecule is CC(NC(=O)CC(=O)Nc1cc(Cl)ccc1Cl)c1ccccc1. The fraction of sp³-hybridized carbons (Fsp3) is 0.176. The second-order valence-corrected chi connectivity index (χ2v) is 5.89. The molecule has 1 unspecified atom stereocenters. The largest absolute Gasteiger partial charge is 0.349 e. The summed E-state index contributed by atoms with van der Waals surface area (Å²) in [6.45, 7) is 1.86. The van der Waals surface area contributed by atoms with Crippen molar-refractivity contribution in [3.8, 4) is 0 Å². The summed E-state index contributed by atoms with van der Waals surface area (Å²) >= 11 is 11.8. The van der Waals surface area contributed by atoms with Crippen LogP contribution in [0.2, 0.25) is 10.0 Å². The average Bonchev–Trinajstić information content (AvgIpc) is 2.51. The second-order valence-electron chi connectivity index (χ2n) is 5.05. The number of benzene rings is 2. The zero-order valence-electron chi connectivity index (χ0n) is 12.5. The molecule has 0 fully saturated rings. The predicted molar refractivity (Wildman–Crippen MR) is 92.7 cm³/mol.